The van der Waals surface area contributed by atoms with Gasteiger partial charge in [0.1, 0.15) is 0 Å². The number of aliphatic carboxylic acids is 1. The number of benzene rings is 2. The van der Waals surface area contributed by atoms with Gasteiger partial charge in [0.2, 0.25) is 10.0 Å². The second kappa shape index (κ2) is 7.39. The Morgan fingerprint density at radius 2 is 1.70 bits per heavy atom. The Balaban J connectivity index is 2.19. The fourth-order valence-corrected chi connectivity index (χ4v) is 3.51. The molecule has 0 aliphatic heterocycles. The smallest absolute Gasteiger partial charge is 0.304 e. The summed E-state index contributed by atoms with van der Waals surface area (Å²) in [6.45, 7) is 1.87. The van der Waals surface area contributed by atoms with E-state index in [1.54, 1.807) is 12.1 Å². The van der Waals surface area contributed by atoms with Gasteiger partial charge in [-0.25, -0.2) is 13.1 Å². The molecule has 0 unspecified atom stereocenters. The van der Waals surface area contributed by atoms with Crippen LogP contribution in [0.2, 0.25) is 0 Å². The Morgan fingerprint density at radius 1 is 1.09 bits per heavy atom. The molecule has 0 aliphatic rings. The molecule has 122 valence electrons. The van der Waals surface area contributed by atoms with E-state index < -0.39 is 22.0 Å². The lowest BCUT2D eigenvalue weighted by molar-refractivity contribution is -0.137. The van der Waals surface area contributed by atoms with E-state index in [-0.39, 0.29) is 11.3 Å². The average Bonchev–Trinajstić information content (AvgIpc) is 2.47. The van der Waals surface area contributed by atoms with Gasteiger partial charge in [-0.3, -0.25) is 4.79 Å². The molecule has 2 N–H and O–H groups in total. The zero-order valence-electron chi connectivity index (χ0n) is 12.8. The van der Waals surface area contributed by atoms with Crippen molar-refractivity contribution in [3.8, 4) is 0 Å². The number of sulfonamides is 1. The molecule has 2 aromatic rings. The summed E-state index contributed by atoms with van der Waals surface area (Å²) in [7, 11) is -3.76. The highest BCUT2D eigenvalue weighted by molar-refractivity contribution is 7.89. The Hall–Kier alpha value is -2.18. The molecule has 0 heterocycles. The van der Waals surface area contributed by atoms with Crippen LogP contribution < -0.4 is 4.72 Å². The van der Waals surface area contributed by atoms with E-state index in [9.17, 15) is 13.2 Å². The van der Waals surface area contributed by atoms with Crippen molar-refractivity contribution in [1.29, 1.82) is 0 Å². The van der Waals surface area contributed by atoms with E-state index in [0.29, 0.717) is 6.42 Å². The van der Waals surface area contributed by atoms with E-state index in [0.717, 1.165) is 11.1 Å². The molecular weight excluding hydrogens is 314 g/mol. The zero-order chi connectivity index (χ0) is 16.9. The number of carboxylic acid groups (broad SMARTS) is 1. The molecule has 0 fully saturated rings. The monoisotopic (exact) mass is 333 g/mol. The third-order valence-corrected chi connectivity index (χ3v) is 4.94. The quantitative estimate of drug-likeness (QED) is 0.815. The molecule has 0 bridgehead atoms. The van der Waals surface area contributed by atoms with Gasteiger partial charge in [-0.1, -0.05) is 48.0 Å². The first-order chi connectivity index (χ1) is 10.9. The molecule has 1 atom stereocenters. The molecule has 23 heavy (non-hydrogen) atoms. The van der Waals surface area contributed by atoms with Crippen LogP contribution in [0.5, 0.6) is 0 Å². The lowest BCUT2D eigenvalue weighted by Crippen LogP contribution is -2.38. The summed E-state index contributed by atoms with van der Waals surface area (Å²) in [6, 6.07) is 14.9. The average molecular weight is 333 g/mol. The second-order valence-corrected chi connectivity index (χ2v) is 7.13. The highest BCUT2D eigenvalue weighted by Crippen LogP contribution is 2.13. The van der Waals surface area contributed by atoms with Crippen LogP contribution in [0.25, 0.3) is 0 Å². The van der Waals surface area contributed by atoms with Crippen molar-refractivity contribution in [3.05, 3.63) is 65.7 Å². The molecule has 0 saturated heterocycles. The van der Waals surface area contributed by atoms with Crippen LogP contribution in [0, 0.1) is 6.92 Å². The summed E-state index contributed by atoms with van der Waals surface area (Å²) >= 11 is 0. The SMILES string of the molecule is Cc1ccc(S(=O)(=O)N[C@H](CC(=O)O)Cc2ccccc2)cc1. The molecule has 6 heteroatoms. The Kier molecular flexibility index (Phi) is 5.52. The molecule has 0 aromatic heterocycles. The van der Waals surface area contributed by atoms with Gasteiger partial charge in [0.05, 0.1) is 11.3 Å². The van der Waals surface area contributed by atoms with Crippen molar-refractivity contribution in [2.24, 2.45) is 0 Å². The Morgan fingerprint density at radius 3 is 2.26 bits per heavy atom. The molecule has 0 spiro atoms. The van der Waals surface area contributed by atoms with Crippen molar-refractivity contribution in [1.82, 2.24) is 4.72 Å². The van der Waals surface area contributed by atoms with Crippen molar-refractivity contribution in [2.45, 2.75) is 30.7 Å². The molecule has 2 aromatic carbocycles. The number of aryl methyl sites for hydroxylation is 1. The van der Waals surface area contributed by atoms with Crippen LogP contribution in [0.3, 0.4) is 0 Å². The fraction of sp³-hybridized carbons (Fsp3) is 0.235. The maximum absolute atomic E-state index is 12.4. The van der Waals surface area contributed by atoms with Crippen LogP contribution in [0.15, 0.2) is 59.5 Å². The minimum absolute atomic E-state index is 0.131. The second-order valence-electron chi connectivity index (χ2n) is 5.42. The summed E-state index contributed by atoms with van der Waals surface area (Å²) < 4.78 is 27.3. The predicted molar refractivity (Wildman–Crippen MR) is 87.7 cm³/mol. The highest BCUT2D eigenvalue weighted by Gasteiger charge is 2.22. The maximum atomic E-state index is 12.4. The van der Waals surface area contributed by atoms with Crippen molar-refractivity contribution in [3.63, 3.8) is 0 Å². The van der Waals surface area contributed by atoms with Crippen molar-refractivity contribution >= 4 is 16.0 Å². The first kappa shape index (κ1) is 17.2. The number of carboxylic acids is 1. The molecule has 5 nitrogen and oxygen atoms in total. The summed E-state index contributed by atoms with van der Waals surface area (Å²) in [6.07, 6.45) is 0.0399. The van der Waals surface area contributed by atoms with Crippen LogP contribution >= 0.6 is 0 Å². The molecule has 2 rings (SSSR count). The normalized spacial score (nSPS) is 12.7. The number of nitrogens with one attached hydrogen (secondary N) is 1. The third kappa shape index (κ3) is 5.19. The van der Waals surface area contributed by atoms with Gasteiger partial charge < -0.3 is 5.11 Å². The van der Waals surface area contributed by atoms with Gasteiger partial charge in [-0.05, 0) is 31.0 Å². The van der Waals surface area contributed by atoms with Gasteiger partial charge >= 0.3 is 5.97 Å². The Bertz CT molecular complexity index is 755. The van der Waals surface area contributed by atoms with Gasteiger partial charge in [-0.15, -0.1) is 0 Å². The van der Waals surface area contributed by atoms with Gasteiger partial charge in [-0.2, -0.15) is 0 Å². The lowest BCUT2D eigenvalue weighted by atomic mass is 10.0. The van der Waals surface area contributed by atoms with Gasteiger partial charge in [0.25, 0.3) is 0 Å². The minimum atomic E-state index is -3.76. The molecule has 0 amide bonds. The number of hydrogen-bond acceptors (Lipinski definition) is 3. The first-order valence-electron chi connectivity index (χ1n) is 7.21. The predicted octanol–water partition coefficient (Wildman–Crippen LogP) is 2.36. The number of rotatable bonds is 7. The summed E-state index contributed by atoms with van der Waals surface area (Å²) in [4.78, 5) is 11.2. The fourth-order valence-electron chi connectivity index (χ4n) is 2.27. The van der Waals surface area contributed by atoms with E-state index in [4.69, 9.17) is 5.11 Å². The standard InChI is InChI=1S/C17H19NO4S/c1-13-7-9-16(10-8-13)23(21,22)18-15(12-17(19)20)11-14-5-3-2-4-6-14/h2-10,15,18H,11-12H2,1H3,(H,19,20)/t15-/m0/s1. The maximum Gasteiger partial charge on any atom is 0.304 e. The van der Waals surface area contributed by atoms with E-state index in [1.165, 1.54) is 12.1 Å². The summed E-state index contributed by atoms with van der Waals surface area (Å²) in [5.41, 5.74) is 1.83. The van der Waals surface area contributed by atoms with Crippen LogP contribution in [0.1, 0.15) is 17.5 Å². The topological polar surface area (TPSA) is 83.5 Å². The van der Waals surface area contributed by atoms with Gasteiger partial charge in [0, 0.05) is 6.04 Å². The largest absolute Gasteiger partial charge is 0.481 e. The van der Waals surface area contributed by atoms with Crippen LogP contribution in [-0.4, -0.2) is 25.5 Å². The molecule has 0 radical (unpaired) electrons. The van der Waals surface area contributed by atoms with Crippen LogP contribution in [0.4, 0.5) is 0 Å². The van der Waals surface area contributed by atoms with Crippen molar-refractivity contribution in [2.75, 3.05) is 0 Å². The molecule has 0 aliphatic carbocycles. The van der Waals surface area contributed by atoms with Gasteiger partial charge in [0.15, 0.2) is 0 Å². The molecule has 0 saturated carbocycles. The van der Waals surface area contributed by atoms with Crippen LogP contribution in [-0.2, 0) is 21.2 Å². The number of hydrogen-bond donors (Lipinski definition) is 2. The van der Waals surface area contributed by atoms with E-state index >= 15 is 0 Å². The highest BCUT2D eigenvalue weighted by atomic mass is 32.2. The first-order valence-corrected chi connectivity index (χ1v) is 8.70. The Labute approximate surface area is 136 Å². The summed E-state index contributed by atoms with van der Waals surface area (Å²) in [5.74, 6) is -1.04. The van der Waals surface area contributed by atoms with E-state index in [1.807, 2.05) is 37.3 Å². The van der Waals surface area contributed by atoms with E-state index in [2.05, 4.69) is 4.72 Å². The summed E-state index contributed by atoms with van der Waals surface area (Å²) in [5, 5.41) is 9.03. The minimum Gasteiger partial charge on any atom is -0.481 e. The van der Waals surface area contributed by atoms with Crippen molar-refractivity contribution < 1.29 is 18.3 Å². The third-order valence-electron chi connectivity index (χ3n) is 3.40. The zero-order valence-corrected chi connectivity index (χ0v) is 13.6. The lowest BCUT2D eigenvalue weighted by Gasteiger charge is -2.17. The molecular formula is C17H19NO4S. The number of carbonyl (C=O) groups is 1.